The summed E-state index contributed by atoms with van der Waals surface area (Å²) in [6.45, 7) is 1.15. The van der Waals surface area contributed by atoms with Crippen molar-refractivity contribution in [2.45, 2.75) is 38.1 Å². The number of aromatic nitrogens is 1. The quantitative estimate of drug-likeness (QED) is 0.864. The first-order chi connectivity index (χ1) is 12.5. The maximum Gasteiger partial charge on any atom is 0.331 e. The number of carbonyl (C=O) groups is 3. The number of piperidine rings is 1. The number of likely N-dealkylation sites (N-methyl/N-ethyl adjacent to an activating group) is 1. The van der Waals surface area contributed by atoms with Crippen molar-refractivity contribution in [1.82, 2.24) is 14.8 Å². The number of hydrogen-bond acceptors (Lipinski definition) is 4. The number of carbonyl (C=O) groups excluding carboxylic acids is 2. The number of amides is 2. The smallest absolute Gasteiger partial charge is 0.331 e. The van der Waals surface area contributed by atoms with Gasteiger partial charge >= 0.3 is 5.97 Å². The molecule has 1 aromatic heterocycles. The summed E-state index contributed by atoms with van der Waals surface area (Å²) in [5, 5.41) is 9.58. The second kappa shape index (κ2) is 7.85. The van der Waals surface area contributed by atoms with Crippen LogP contribution in [0.1, 0.15) is 43.7 Å². The number of carboxylic acid groups (broad SMARTS) is 1. The molecule has 140 valence electrons. The zero-order valence-electron chi connectivity index (χ0n) is 15.0. The van der Waals surface area contributed by atoms with Crippen LogP contribution in [0, 0.1) is 11.8 Å². The van der Waals surface area contributed by atoms with Crippen molar-refractivity contribution in [2.24, 2.45) is 11.8 Å². The van der Waals surface area contributed by atoms with Crippen molar-refractivity contribution in [2.75, 3.05) is 20.1 Å². The molecule has 1 aliphatic carbocycles. The molecular formula is C19H25N3O4. The van der Waals surface area contributed by atoms with Gasteiger partial charge < -0.3 is 14.9 Å². The van der Waals surface area contributed by atoms with E-state index in [1.54, 1.807) is 18.3 Å². The van der Waals surface area contributed by atoms with E-state index in [4.69, 9.17) is 0 Å². The predicted octanol–water partition coefficient (Wildman–Crippen LogP) is 1.70. The molecule has 1 saturated heterocycles. The van der Waals surface area contributed by atoms with E-state index in [9.17, 15) is 19.5 Å². The minimum absolute atomic E-state index is 0.173. The molecule has 0 spiro atoms. The van der Waals surface area contributed by atoms with Crippen molar-refractivity contribution >= 4 is 17.8 Å². The van der Waals surface area contributed by atoms with Crippen LogP contribution in [0.5, 0.6) is 0 Å². The van der Waals surface area contributed by atoms with Gasteiger partial charge in [0, 0.05) is 49.9 Å². The molecule has 26 heavy (non-hydrogen) atoms. The van der Waals surface area contributed by atoms with Crippen molar-refractivity contribution in [3.63, 3.8) is 0 Å². The second-order valence-electron chi connectivity index (χ2n) is 7.20. The number of pyridine rings is 1. The van der Waals surface area contributed by atoms with E-state index in [-0.39, 0.29) is 23.7 Å². The topological polar surface area (TPSA) is 90.8 Å². The SMILES string of the molecule is CN(C(=O)C1CCN(C(=O)C2CCC2)CC1)C(C(=O)O)c1cccnc1. The third kappa shape index (κ3) is 3.71. The Balaban J connectivity index is 1.61. The van der Waals surface area contributed by atoms with Crippen molar-refractivity contribution in [3.05, 3.63) is 30.1 Å². The van der Waals surface area contributed by atoms with Crippen LogP contribution < -0.4 is 0 Å². The van der Waals surface area contributed by atoms with E-state index < -0.39 is 12.0 Å². The molecule has 7 nitrogen and oxygen atoms in total. The molecule has 2 fully saturated rings. The van der Waals surface area contributed by atoms with Crippen LogP contribution in [0.2, 0.25) is 0 Å². The van der Waals surface area contributed by atoms with Gasteiger partial charge in [0.05, 0.1) is 0 Å². The van der Waals surface area contributed by atoms with Crippen LogP contribution >= 0.6 is 0 Å². The molecule has 2 heterocycles. The van der Waals surface area contributed by atoms with E-state index in [2.05, 4.69) is 4.98 Å². The molecule has 7 heteroatoms. The Hall–Kier alpha value is -2.44. The Labute approximate surface area is 153 Å². The van der Waals surface area contributed by atoms with Crippen molar-refractivity contribution in [3.8, 4) is 0 Å². The van der Waals surface area contributed by atoms with Gasteiger partial charge in [0.2, 0.25) is 11.8 Å². The third-order valence-electron chi connectivity index (χ3n) is 5.58. The Morgan fingerprint density at radius 1 is 1.19 bits per heavy atom. The van der Waals surface area contributed by atoms with E-state index >= 15 is 0 Å². The van der Waals surface area contributed by atoms with Gasteiger partial charge in [0.1, 0.15) is 0 Å². The highest BCUT2D eigenvalue weighted by molar-refractivity contribution is 5.86. The first-order valence-electron chi connectivity index (χ1n) is 9.17. The summed E-state index contributed by atoms with van der Waals surface area (Å²) in [6.07, 6.45) is 7.29. The number of aliphatic carboxylic acids is 1. The van der Waals surface area contributed by atoms with Crippen LogP contribution in [0.4, 0.5) is 0 Å². The molecule has 0 aromatic carbocycles. The van der Waals surface area contributed by atoms with Crippen LogP contribution in [-0.4, -0.2) is 57.8 Å². The minimum Gasteiger partial charge on any atom is -0.479 e. The van der Waals surface area contributed by atoms with E-state index in [0.717, 1.165) is 19.3 Å². The fraction of sp³-hybridized carbons (Fsp3) is 0.579. The van der Waals surface area contributed by atoms with Gasteiger partial charge in [-0.1, -0.05) is 12.5 Å². The molecule has 0 radical (unpaired) electrons. The molecule has 0 bridgehead atoms. The molecule has 1 N–H and O–H groups in total. The summed E-state index contributed by atoms with van der Waals surface area (Å²) in [4.78, 5) is 44.0. The molecule has 3 rings (SSSR count). The molecule has 2 amide bonds. The van der Waals surface area contributed by atoms with Gasteiger partial charge in [-0.25, -0.2) is 4.79 Å². The zero-order chi connectivity index (χ0) is 18.7. The highest BCUT2D eigenvalue weighted by Crippen LogP contribution is 2.31. The molecule has 1 aliphatic heterocycles. The highest BCUT2D eigenvalue weighted by Gasteiger charge is 2.36. The van der Waals surface area contributed by atoms with Crippen molar-refractivity contribution in [1.29, 1.82) is 0 Å². The number of rotatable bonds is 5. The average molecular weight is 359 g/mol. The highest BCUT2D eigenvalue weighted by atomic mass is 16.4. The number of nitrogens with zero attached hydrogens (tertiary/aromatic N) is 3. The fourth-order valence-electron chi connectivity index (χ4n) is 3.75. The summed E-state index contributed by atoms with van der Waals surface area (Å²) in [7, 11) is 1.53. The number of carboxylic acids is 1. The Morgan fingerprint density at radius 3 is 2.38 bits per heavy atom. The molecular weight excluding hydrogens is 334 g/mol. The van der Waals surface area contributed by atoms with Gasteiger partial charge in [-0.2, -0.15) is 0 Å². The third-order valence-corrected chi connectivity index (χ3v) is 5.58. The monoisotopic (exact) mass is 359 g/mol. The summed E-state index contributed by atoms with van der Waals surface area (Å²) >= 11 is 0. The zero-order valence-corrected chi connectivity index (χ0v) is 15.0. The first-order valence-corrected chi connectivity index (χ1v) is 9.17. The van der Waals surface area contributed by atoms with Gasteiger partial charge in [-0.15, -0.1) is 0 Å². The van der Waals surface area contributed by atoms with E-state index in [1.807, 2.05) is 4.90 Å². The van der Waals surface area contributed by atoms with E-state index in [1.165, 1.54) is 18.1 Å². The van der Waals surface area contributed by atoms with Gasteiger partial charge in [-0.3, -0.25) is 14.6 Å². The first kappa shape index (κ1) is 18.4. The molecule has 1 unspecified atom stereocenters. The standard InChI is InChI=1S/C19H25N3O4/c1-21(16(19(25)26)15-6-3-9-20-12-15)17(23)14-7-10-22(11-8-14)18(24)13-4-2-5-13/h3,6,9,12-14,16H,2,4-5,7-8,10-11H2,1H3,(H,25,26). The summed E-state index contributed by atoms with van der Waals surface area (Å²) in [5.41, 5.74) is 0.480. The molecule has 1 aromatic rings. The maximum atomic E-state index is 12.8. The number of hydrogen-bond donors (Lipinski definition) is 1. The maximum absolute atomic E-state index is 12.8. The largest absolute Gasteiger partial charge is 0.479 e. The van der Waals surface area contributed by atoms with Crippen LogP contribution in [0.25, 0.3) is 0 Å². The van der Waals surface area contributed by atoms with Crippen molar-refractivity contribution < 1.29 is 19.5 Å². The predicted molar refractivity (Wildman–Crippen MR) is 94.0 cm³/mol. The Bertz CT molecular complexity index is 667. The number of likely N-dealkylation sites (tertiary alicyclic amines) is 1. The lowest BCUT2D eigenvalue weighted by atomic mass is 9.83. The van der Waals surface area contributed by atoms with E-state index in [0.29, 0.717) is 31.5 Å². The summed E-state index contributed by atoms with van der Waals surface area (Å²) in [5.74, 6) is -1.12. The lowest BCUT2D eigenvalue weighted by Gasteiger charge is -2.37. The molecule has 1 atom stereocenters. The van der Waals surface area contributed by atoms with Gasteiger partial charge in [0.15, 0.2) is 6.04 Å². The summed E-state index contributed by atoms with van der Waals surface area (Å²) < 4.78 is 0. The van der Waals surface area contributed by atoms with Crippen LogP contribution in [-0.2, 0) is 14.4 Å². The fourth-order valence-corrected chi connectivity index (χ4v) is 3.75. The molecule has 1 saturated carbocycles. The lowest BCUT2D eigenvalue weighted by molar-refractivity contribution is -0.152. The average Bonchev–Trinajstić information content (AvgIpc) is 2.60. The van der Waals surface area contributed by atoms with Crippen LogP contribution in [0.3, 0.4) is 0 Å². The lowest BCUT2D eigenvalue weighted by Crippen LogP contribution is -2.47. The Morgan fingerprint density at radius 2 is 1.88 bits per heavy atom. The molecule has 2 aliphatic rings. The van der Waals surface area contributed by atoms with Gasteiger partial charge in [-0.05, 0) is 31.7 Å². The van der Waals surface area contributed by atoms with Crippen LogP contribution in [0.15, 0.2) is 24.5 Å². The summed E-state index contributed by atoms with van der Waals surface area (Å²) in [6, 6.07) is 2.27. The van der Waals surface area contributed by atoms with Gasteiger partial charge in [0.25, 0.3) is 0 Å². The Kier molecular flexibility index (Phi) is 5.54. The second-order valence-corrected chi connectivity index (χ2v) is 7.20. The minimum atomic E-state index is -1.08. The normalized spacial score (nSPS) is 19.5.